The second-order valence-corrected chi connectivity index (χ2v) is 8.49. The van der Waals surface area contributed by atoms with Crippen molar-refractivity contribution in [1.82, 2.24) is 9.62 Å². The van der Waals surface area contributed by atoms with E-state index in [0.29, 0.717) is 24.5 Å². The number of piperidine rings is 1. The smallest absolute Gasteiger partial charge is 0.244 e. The molecule has 0 aliphatic carbocycles. The summed E-state index contributed by atoms with van der Waals surface area (Å²) in [6.07, 6.45) is 1.72. The molecular formula is C14H24N2O3S2. The van der Waals surface area contributed by atoms with Crippen molar-refractivity contribution in [3.63, 3.8) is 0 Å². The minimum atomic E-state index is -3.44. The minimum Gasteiger partial charge on any atom is -0.377 e. The third-order valence-electron chi connectivity index (χ3n) is 3.97. The van der Waals surface area contributed by atoms with Crippen LogP contribution in [0.2, 0.25) is 0 Å². The Labute approximate surface area is 131 Å². The van der Waals surface area contributed by atoms with Gasteiger partial charge in [-0.1, -0.05) is 6.92 Å². The van der Waals surface area contributed by atoms with Crippen molar-refractivity contribution in [2.24, 2.45) is 0 Å². The molecule has 1 saturated heterocycles. The molecule has 1 aromatic heterocycles. The van der Waals surface area contributed by atoms with Gasteiger partial charge >= 0.3 is 0 Å². The maximum absolute atomic E-state index is 12.9. The number of hydrogen-bond acceptors (Lipinski definition) is 5. The van der Waals surface area contributed by atoms with Crippen molar-refractivity contribution < 1.29 is 13.2 Å². The summed E-state index contributed by atoms with van der Waals surface area (Å²) in [5.41, 5.74) is -0.386. The Morgan fingerprint density at radius 1 is 1.52 bits per heavy atom. The number of methoxy groups -OCH3 is 1. The zero-order chi connectivity index (χ0) is 15.5. The standard InChI is InChI=1S/C14H24N2O3S2/c1-4-15-10-12-13(6-9-20-12)21(17,18)16-8-5-7-14(2,11-16)19-3/h6,9,15H,4-5,7-8,10-11H2,1-3H3. The number of hydrogen-bond donors (Lipinski definition) is 1. The van der Waals surface area contributed by atoms with Gasteiger partial charge in [0.2, 0.25) is 10.0 Å². The summed E-state index contributed by atoms with van der Waals surface area (Å²) >= 11 is 1.49. The van der Waals surface area contributed by atoms with Crippen LogP contribution in [0.15, 0.2) is 16.3 Å². The molecule has 0 radical (unpaired) electrons. The second-order valence-electron chi connectivity index (χ2n) is 5.58. The van der Waals surface area contributed by atoms with Gasteiger partial charge in [-0.3, -0.25) is 0 Å². The monoisotopic (exact) mass is 332 g/mol. The average Bonchev–Trinajstić information content (AvgIpc) is 2.94. The van der Waals surface area contributed by atoms with E-state index in [4.69, 9.17) is 4.74 Å². The lowest BCUT2D eigenvalue weighted by atomic mass is 9.96. The molecule has 1 aliphatic heterocycles. The van der Waals surface area contributed by atoms with Crippen LogP contribution >= 0.6 is 11.3 Å². The zero-order valence-corrected chi connectivity index (χ0v) is 14.5. The van der Waals surface area contributed by atoms with Gasteiger partial charge < -0.3 is 10.1 Å². The zero-order valence-electron chi connectivity index (χ0n) is 12.9. The molecule has 2 rings (SSSR count). The summed E-state index contributed by atoms with van der Waals surface area (Å²) in [4.78, 5) is 1.32. The fourth-order valence-electron chi connectivity index (χ4n) is 2.60. The predicted octanol–water partition coefficient (Wildman–Crippen LogP) is 2.05. The normalized spacial score (nSPS) is 24.3. The molecule has 0 aromatic carbocycles. The molecule has 0 amide bonds. The van der Waals surface area contributed by atoms with Gasteiger partial charge in [0.15, 0.2) is 0 Å². The Bertz CT molecular complexity index is 571. The lowest BCUT2D eigenvalue weighted by Gasteiger charge is -2.38. The van der Waals surface area contributed by atoms with Gasteiger partial charge in [-0.25, -0.2) is 8.42 Å². The van der Waals surface area contributed by atoms with Crippen LogP contribution in [-0.4, -0.2) is 45.1 Å². The molecule has 1 aliphatic rings. The molecule has 120 valence electrons. The number of nitrogens with zero attached hydrogens (tertiary/aromatic N) is 1. The Morgan fingerprint density at radius 3 is 2.95 bits per heavy atom. The largest absolute Gasteiger partial charge is 0.377 e. The number of sulfonamides is 1. The van der Waals surface area contributed by atoms with Crippen LogP contribution in [0.1, 0.15) is 31.6 Å². The highest BCUT2D eigenvalue weighted by Crippen LogP contribution is 2.31. The first kappa shape index (κ1) is 16.9. The molecule has 21 heavy (non-hydrogen) atoms. The molecular weight excluding hydrogens is 308 g/mol. The Balaban J connectivity index is 2.24. The van der Waals surface area contributed by atoms with Crippen LogP contribution in [0.25, 0.3) is 0 Å². The molecule has 5 nitrogen and oxygen atoms in total. The number of nitrogens with one attached hydrogen (secondary N) is 1. The van der Waals surface area contributed by atoms with E-state index in [1.54, 1.807) is 17.5 Å². The van der Waals surface area contributed by atoms with E-state index in [9.17, 15) is 8.42 Å². The van der Waals surface area contributed by atoms with E-state index in [0.717, 1.165) is 24.3 Å². The van der Waals surface area contributed by atoms with Crippen LogP contribution in [0.4, 0.5) is 0 Å². The summed E-state index contributed by atoms with van der Waals surface area (Å²) in [6, 6.07) is 1.71. The number of rotatable bonds is 6. The van der Waals surface area contributed by atoms with Crippen LogP contribution in [0.5, 0.6) is 0 Å². The van der Waals surface area contributed by atoms with E-state index in [1.807, 2.05) is 19.2 Å². The molecule has 1 aromatic rings. The van der Waals surface area contributed by atoms with Crippen molar-refractivity contribution in [3.8, 4) is 0 Å². The van der Waals surface area contributed by atoms with Gasteiger partial charge in [0.1, 0.15) is 0 Å². The van der Waals surface area contributed by atoms with Crippen LogP contribution in [0.3, 0.4) is 0 Å². The highest BCUT2D eigenvalue weighted by molar-refractivity contribution is 7.89. The molecule has 1 N–H and O–H groups in total. The van der Waals surface area contributed by atoms with Gasteiger partial charge in [0.25, 0.3) is 0 Å². The van der Waals surface area contributed by atoms with Gasteiger partial charge in [-0.15, -0.1) is 11.3 Å². The van der Waals surface area contributed by atoms with Crippen LogP contribution in [-0.2, 0) is 21.3 Å². The average molecular weight is 332 g/mol. The molecule has 2 heterocycles. The predicted molar refractivity (Wildman–Crippen MR) is 85.1 cm³/mol. The quantitative estimate of drug-likeness (QED) is 0.866. The van der Waals surface area contributed by atoms with E-state index in [1.165, 1.54) is 11.3 Å². The van der Waals surface area contributed by atoms with Gasteiger partial charge in [0, 0.05) is 31.6 Å². The fourth-order valence-corrected chi connectivity index (χ4v) is 5.57. The van der Waals surface area contributed by atoms with Gasteiger partial charge in [-0.2, -0.15) is 4.31 Å². The lowest BCUT2D eigenvalue weighted by molar-refractivity contribution is -0.0319. The SMILES string of the molecule is CCNCc1sccc1S(=O)(=O)N1CCCC(C)(OC)C1. The summed E-state index contributed by atoms with van der Waals surface area (Å²) in [7, 11) is -1.79. The summed E-state index contributed by atoms with van der Waals surface area (Å²) in [6.45, 7) is 6.39. The molecule has 0 spiro atoms. The first-order valence-corrected chi connectivity index (χ1v) is 9.57. The highest BCUT2D eigenvalue weighted by atomic mass is 32.2. The third-order valence-corrected chi connectivity index (χ3v) is 6.95. The van der Waals surface area contributed by atoms with Crippen molar-refractivity contribution in [3.05, 3.63) is 16.3 Å². The van der Waals surface area contributed by atoms with Gasteiger partial charge in [-0.05, 0) is 37.8 Å². The van der Waals surface area contributed by atoms with E-state index < -0.39 is 10.0 Å². The summed E-state index contributed by atoms with van der Waals surface area (Å²) in [5.74, 6) is 0. The van der Waals surface area contributed by atoms with Crippen molar-refractivity contribution >= 4 is 21.4 Å². The third kappa shape index (κ3) is 3.65. The molecule has 1 unspecified atom stereocenters. The Kier molecular flexibility index (Phi) is 5.43. The lowest BCUT2D eigenvalue weighted by Crippen LogP contribution is -2.49. The Morgan fingerprint density at radius 2 is 2.29 bits per heavy atom. The van der Waals surface area contributed by atoms with Crippen LogP contribution < -0.4 is 5.32 Å². The van der Waals surface area contributed by atoms with E-state index in [-0.39, 0.29) is 5.60 Å². The first-order chi connectivity index (χ1) is 9.93. The maximum atomic E-state index is 12.9. The second kappa shape index (κ2) is 6.75. The molecule has 1 atom stereocenters. The molecule has 0 bridgehead atoms. The number of ether oxygens (including phenoxy) is 1. The van der Waals surface area contributed by atoms with E-state index in [2.05, 4.69) is 5.32 Å². The summed E-state index contributed by atoms with van der Waals surface area (Å²) < 4.78 is 32.8. The topological polar surface area (TPSA) is 58.6 Å². The minimum absolute atomic E-state index is 0.386. The number of thiophene rings is 1. The first-order valence-electron chi connectivity index (χ1n) is 7.25. The van der Waals surface area contributed by atoms with Crippen molar-refractivity contribution in [2.75, 3.05) is 26.7 Å². The van der Waals surface area contributed by atoms with Crippen LogP contribution in [0, 0.1) is 0 Å². The van der Waals surface area contributed by atoms with Crippen molar-refractivity contribution in [2.45, 2.75) is 43.7 Å². The van der Waals surface area contributed by atoms with Crippen molar-refractivity contribution in [1.29, 1.82) is 0 Å². The fraction of sp³-hybridized carbons (Fsp3) is 0.714. The Hall–Kier alpha value is -0.470. The summed E-state index contributed by atoms with van der Waals surface area (Å²) in [5, 5.41) is 5.04. The maximum Gasteiger partial charge on any atom is 0.244 e. The molecule has 0 saturated carbocycles. The van der Waals surface area contributed by atoms with Gasteiger partial charge in [0.05, 0.1) is 10.5 Å². The molecule has 7 heteroatoms. The molecule has 1 fully saturated rings. The van der Waals surface area contributed by atoms with E-state index >= 15 is 0 Å². The highest BCUT2D eigenvalue weighted by Gasteiger charge is 2.37.